The van der Waals surface area contributed by atoms with Crippen LogP contribution < -0.4 is 5.73 Å². The summed E-state index contributed by atoms with van der Waals surface area (Å²) in [5.74, 6) is 0.299. The summed E-state index contributed by atoms with van der Waals surface area (Å²) in [7, 11) is 0. The van der Waals surface area contributed by atoms with E-state index in [1.165, 1.54) is 12.1 Å². The molecule has 14 heavy (non-hydrogen) atoms. The van der Waals surface area contributed by atoms with E-state index < -0.39 is 0 Å². The highest BCUT2D eigenvalue weighted by Crippen LogP contribution is 2.28. The van der Waals surface area contributed by atoms with Crippen LogP contribution >= 0.6 is 0 Å². The SMILES string of the molecule is CC(C)C[C@H](N)c1ccc(O)c(O)c1. The van der Waals surface area contributed by atoms with E-state index in [9.17, 15) is 5.11 Å². The summed E-state index contributed by atoms with van der Waals surface area (Å²) in [6, 6.07) is 4.64. The van der Waals surface area contributed by atoms with E-state index >= 15 is 0 Å². The Balaban J connectivity index is 2.80. The highest BCUT2D eigenvalue weighted by Gasteiger charge is 2.10. The summed E-state index contributed by atoms with van der Waals surface area (Å²) in [4.78, 5) is 0. The van der Waals surface area contributed by atoms with Gasteiger partial charge in [0.2, 0.25) is 0 Å². The molecule has 0 heterocycles. The van der Waals surface area contributed by atoms with E-state index in [2.05, 4.69) is 13.8 Å². The maximum Gasteiger partial charge on any atom is 0.157 e. The zero-order valence-electron chi connectivity index (χ0n) is 8.57. The van der Waals surface area contributed by atoms with Gasteiger partial charge in [0, 0.05) is 6.04 Å². The van der Waals surface area contributed by atoms with Crippen molar-refractivity contribution in [3.63, 3.8) is 0 Å². The second-order valence-electron chi connectivity index (χ2n) is 3.98. The second kappa shape index (κ2) is 4.33. The first kappa shape index (κ1) is 10.9. The van der Waals surface area contributed by atoms with Crippen LogP contribution in [0.3, 0.4) is 0 Å². The molecule has 3 heteroatoms. The molecule has 0 aromatic heterocycles. The molecule has 78 valence electrons. The van der Waals surface area contributed by atoms with Gasteiger partial charge < -0.3 is 15.9 Å². The minimum absolute atomic E-state index is 0.0819. The molecule has 1 aromatic carbocycles. The summed E-state index contributed by atoms with van der Waals surface area (Å²) in [5, 5.41) is 18.4. The Labute approximate surface area is 84.2 Å². The van der Waals surface area contributed by atoms with E-state index in [0.717, 1.165) is 12.0 Å². The van der Waals surface area contributed by atoms with Crippen molar-refractivity contribution >= 4 is 0 Å². The van der Waals surface area contributed by atoms with Gasteiger partial charge in [0.15, 0.2) is 11.5 Å². The third kappa shape index (κ3) is 2.64. The standard InChI is InChI=1S/C11H17NO2/c1-7(2)5-9(12)8-3-4-10(13)11(14)6-8/h3-4,6-7,9,13-14H,5,12H2,1-2H3/t9-/m0/s1. The maximum atomic E-state index is 9.28. The number of aromatic hydroxyl groups is 2. The second-order valence-corrected chi connectivity index (χ2v) is 3.98. The lowest BCUT2D eigenvalue weighted by Crippen LogP contribution is -2.12. The van der Waals surface area contributed by atoms with E-state index in [0.29, 0.717) is 5.92 Å². The summed E-state index contributed by atoms with van der Waals surface area (Å²) < 4.78 is 0. The molecule has 0 unspecified atom stereocenters. The van der Waals surface area contributed by atoms with E-state index in [1.807, 2.05) is 0 Å². The predicted molar refractivity (Wildman–Crippen MR) is 56.2 cm³/mol. The average Bonchev–Trinajstić information content (AvgIpc) is 2.08. The number of hydrogen-bond acceptors (Lipinski definition) is 3. The summed E-state index contributed by atoms with van der Waals surface area (Å²) in [6.07, 6.45) is 0.865. The van der Waals surface area contributed by atoms with Crippen LogP contribution in [0.4, 0.5) is 0 Å². The third-order valence-electron chi connectivity index (χ3n) is 2.15. The van der Waals surface area contributed by atoms with Crippen LogP contribution in [0.5, 0.6) is 11.5 Å². The molecule has 0 saturated heterocycles. The van der Waals surface area contributed by atoms with Crippen molar-refractivity contribution in [2.24, 2.45) is 11.7 Å². The lowest BCUT2D eigenvalue weighted by atomic mass is 9.98. The molecule has 0 spiro atoms. The van der Waals surface area contributed by atoms with Crippen LogP contribution in [-0.4, -0.2) is 10.2 Å². The fourth-order valence-electron chi connectivity index (χ4n) is 1.42. The van der Waals surface area contributed by atoms with Gasteiger partial charge in [-0.3, -0.25) is 0 Å². The molecule has 1 rings (SSSR count). The predicted octanol–water partition coefficient (Wildman–Crippen LogP) is 2.14. The number of phenols is 2. The lowest BCUT2D eigenvalue weighted by Gasteiger charge is -2.14. The van der Waals surface area contributed by atoms with Gasteiger partial charge in [-0.2, -0.15) is 0 Å². The number of nitrogens with two attached hydrogens (primary N) is 1. The van der Waals surface area contributed by atoms with Crippen LogP contribution in [0, 0.1) is 5.92 Å². The van der Waals surface area contributed by atoms with Crippen LogP contribution in [0.1, 0.15) is 31.9 Å². The quantitative estimate of drug-likeness (QED) is 0.647. The first-order valence-electron chi connectivity index (χ1n) is 4.78. The van der Waals surface area contributed by atoms with E-state index in [1.54, 1.807) is 6.07 Å². The number of phenolic OH excluding ortho intramolecular Hbond substituents is 2. The molecule has 1 aromatic rings. The zero-order chi connectivity index (χ0) is 10.7. The number of benzene rings is 1. The van der Waals surface area contributed by atoms with Gasteiger partial charge in [0.1, 0.15) is 0 Å². The maximum absolute atomic E-state index is 9.28. The molecule has 0 aliphatic rings. The Bertz CT molecular complexity index is 310. The largest absolute Gasteiger partial charge is 0.504 e. The molecule has 0 aliphatic heterocycles. The Hall–Kier alpha value is -1.22. The first-order chi connectivity index (χ1) is 6.50. The van der Waals surface area contributed by atoms with Gasteiger partial charge in [-0.25, -0.2) is 0 Å². The van der Waals surface area contributed by atoms with Gasteiger partial charge in [-0.15, -0.1) is 0 Å². The summed E-state index contributed by atoms with van der Waals surface area (Å²) >= 11 is 0. The van der Waals surface area contributed by atoms with Crippen molar-refractivity contribution < 1.29 is 10.2 Å². The minimum Gasteiger partial charge on any atom is -0.504 e. The first-order valence-corrected chi connectivity index (χ1v) is 4.78. The molecular weight excluding hydrogens is 178 g/mol. The Kier molecular flexibility index (Phi) is 3.36. The average molecular weight is 195 g/mol. The van der Waals surface area contributed by atoms with Crippen molar-refractivity contribution in [3.05, 3.63) is 23.8 Å². The lowest BCUT2D eigenvalue weighted by molar-refractivity contribution is 0.401. The van der Waals surface area contributed by atoms with Crippen LogP contribution in [-0.2, 0) is 0 Å². The van der Waals surface area contributed by atoms with Crippen molar-refractivity contribution in [2.45, 2.75) is 26.3 Å². The van der Waals surface area contributed by atoms with Crippen molar-refractivity contribution in [1.29, 1.82) is 0 Å². The monoisotopic (exact) mass is 195 g/mol. The molecule has 1 atom stereocenters. The molecule has 3 nitrogen and oxygen atoms in total. The Morgan fingerprint density at radius 1 is 1.21 bits per heavy atom. The van der Waals surface area contributed by atoms with Gasteiger partial charge in [-0.1, -0.05) is 19.9 Å². The minimum atomic E-state index is -0.110. The molecule has 0 saturated carbocycles. The van der Waals surface area contributed by atoms with Gasteiger partial charge in [0.05, 0.1) is 0 Å². The van der Waals surface area contributed by atoms with Gasteiger partial charge >= 0.3 is 0 Å². The van der Waals surface area contributed by atoms with Crippen molar-refractivity contribution in [2.75, 3.05) is 0 Å². The molecule has 0 bridgehead atoms. The fraction of sp³-hybridized carbons (Fsp3) is 0.455. The Morgan fingerprint density at radius 2 is 1.86 bits per heavy atom. The van der Waals surface area contributed by atoms with Gasteiger partial charge in [-0.05, 0) is 30.0 Å². The molecule has 0 amide bonds. The van der Waals surface area contributed by atoms with Crippen molar-refractivity contribution in [1.82, 2.24) is 0 Å². The van der Waals surface area contributed by atoms with Crippen molar-refractivity contribution in [3.8, 4) is 11.5 Å². The van der Waals surface area contributed by atoms with Crippen LogP contribution in [0.15, 0.2) is 18.2 Å². The van der Waals surface area contributed by atoms with Gasteiger partial charge in [0.25, 0.3) is 0 Å². The third-order valence-corrected chi connectivity index (χ3v) is 2.15. The normalized spacial score (nSPS) is 13.1. The topological polar surface area (TPSA) is 66.5 Å². The molecule has 0 aliphatic carbocycles. The van der Waals surface area contributed by atoms with Crippen LogP contribution in [0.2, 0.25) is 0 Å². The molecule has 4 N–H and O–H groups in total. The molecule has 0 fully saturated rings. The highest BCUT2D eigenvalue weighted by molar-refractivity contribution is 5.41. The van der Waals surface area contributed by atoms with E-state index in [4.69, 9.17) is 10.8 Å². The summed E-state index contributed by atoms with van der Waals surface area (Å²) in [6.45, 7) is 4.19. The highest BCUT2D eigenvalue weighted by atomic mass is 16.3. The summed E-state index contributed by atoms with van der Waals surface area (Å²) in [5.41, 5.74) is 6.78. The van der Waals surface area contributed by atoms with E-state index in [-0.39, 0.29) is 17.5 Å². The molecule has 0 radical (unpaired) electrons. The Morgan fingerprint density at radius 3 is 2.36 bits per heavy atom. The number of rotatable bonds is 3. The smallest absolute Gasteiger partial charge is 0.157 e. The molecular formula is C11H17NO2. The number of hydrogen-bond donors (Lipinski definition) is 3. The van der Waals surface area contributed by atoms with Crippen LogP contribution in [0.25, 0.3) is 0 Å². The fourth-order valence-corrected chi connectivity index (χ4v) is 1.42. The zero-order valence-corrected chi connectivity index (χ0v) is 8.57.